The third kappa shape index (κ3) is 15.9. The topological polar surface area (TPSA) is 260 Å². The van der Waals surface area contributed by atoms with Gasteiger partial charge < -0.3 is 61.7 Å². The molecule has 44 heavy (non-hydrogen) atoms. The summed E-state index contributed by atoms with van der Waals surface area (Å²) in [5.74, 6) is -3.44. The Morgan fingerprint density at radius 3 is 1.16 bits per heavy atom. The van der Waals surface area contributed by atoms with Crippen LogP contribution in [0, 0.1) is 0 Å². The normalized spacial score (nSPS) is 14.2. The average molecular weight is 629 g/mol. The van der Waals surface area contributed by atoms with Gasteiger partial charge >= 0.3 is 11.9 Å². The van der Waals surface area contributed by atoms with Gasteiger partial charge in [-0.1, -0.05) is 12.1 Å². The number of aliphatic hydroxyl groups excluding tert-OH is 6. The fraction of sp³-hybridized carbons (Fsp3) is 0.533. The molecule has 14 nitrogen and oxygen atoms in total. The monoisotopic (exact) mass is 628 g/mol. The molecule has 14 heteroatoms. The Bertz CT molecular complexity index is 1090. The highest BCUT2D eigenvalue weighted by Crippen LogP contribution is 2.23. The Kier molecular flexibility index (Phi) is 17.1. The molecule has 0 amide bonds. The van der Waals surface area contributed by atoms with Gasteiger partial charge in [0.1, 0.15) is 11.5 Å². The van der Waals surface area contributed by atoms with E-state index in [1.807, 2.05) is 41.5 Å². The van der Waals surface area contributed by atoms with Crippen molar-refractivity contribution in [1.29, 1.82) is 0 Å². The van der Waals surface area contributed by atoms with E-state index in [2.05, 4.69) is 10.6 Å². The highest BCUT2D eigenvalue weighted by Gasteiger charge is 2.29. The number of phenols is 2. The van der Waals surface area contributed by atoms with Crippen LogP contribution in [0.15, 0.2) is 36.4 Å². The molecule has 2 aromatic carbocycles. The summed E-state index contributed by atoms with van der Waals surface area (Å²) in [5.41, 5.74) is 2.11. The summed E-state index contributed by atoms with van der Waals surface area (Å²) < 4.78 is 0. The van der Waals surface area contributed by atoms with E-state index in [9.17, 15) is 30.0 Å². The largest absolute Gasteiger partial charge is 0.508 e. The van der Waals surface area contributed by atoms with Gasteiger partial charge in [0.05, 0.1) is 25.4 Å². The van der Waals surface area contributed by atoms with Gasteiger partial charge in [0.2, 0.25) is 0 Å². The van der Waals surface area contributed by atoms with E-state index in [1.165, 1.54) is 12.1 Å². The first-order valence-electron chi connectivity index (χ1n) is 13.7. The number of carboxylic acids is 2. The molecule has 250 valence electrons. The smallest absolute Gasteiger partial charge is 0.335 e. The summed E-state index contributed by atoms with van der Waals surface area (Å²) in [4.78, 5) is 19.5. The Labute approximate surface area is 256 Å². The summed E-state index contributed by atoms with van der Waals surface area (Å²) in [7, 11) is 0. The summed E-state index contributed by atoms with van der Waals surface area (Å²) in [6.07, 6.45) is -5.84. The minimum Gasteiger partial charge on any atom is -0.508 e. The van der Waals surface area contributed by atoms with Crippen LogP contribution in [0.3, 0.4) is 0 Å². The van der Waals surface area contributed by atoms with E-state index in [0.29, 0.717) is 35.3 Å². The zero-order chi connectivity index (χ0) is 34.4. The van der Waals surface area contributed by atoms with Crippen LogP contribution in [0.2, 0.25) is 0 Å². The van der Waals surface area contributed by atoms with E-state index in [0.717, 1.165) is 0 Å². The highest BCUT2D eigenvalue weighted by molar-refractivity contribution is 5.83. The third-order valence-electron chi connectivity index (χ3n) is 5.77. The molecule has 2 unspecified atom stereocenters. The van der Waals surface area contributed by atoms with Crippen molar-refractivity contribution < 1.29 is 60.7 Å². The van der Waals surface area contributed by atoms with Gasteiger partial charge in [-0.3, -0.25) is 0 Å². The van der Waals surface area contributed by atoms with Gasteiger partial charge in [-0.15, -0.1) is 0 Å². The second-order valence-corrected chi connectivity index (χ2v) is 12.0. The first-order chi connectivity index (χ1) is 20.1. The lowest BCUT2D eigenvalue weighted by molar-refractivity contribution is -0.165. The third-order valence-corrected chi connectivity index (χ3v) is 5.77. The maximum absolute atomic E-state index is 9.97. The van der Waals surface area contributed by atoms with Crippen molar-refractivity contribution in [2.45, 2.75) is 90.2 Å². The minimum atomic E-state index is -2.27. The number of nitrogens with one attached hydrogen (secondary N) is 2. The number of hydrogen-bond donors (Lipinski definition) is 12. The number of carbonyl (C=O) groups is 2. The summed E-state index contributed by atoms with van der Waals surface area (Å²) in [6, 6.07) is 9.52. The number of aliphatic hydroxyl groups is 6. The lowest BCUT2D eigenvalue weighted by Gasteiger charge is -2.23. The van der Waals surface area contributed by atoms with Crippen molar-refractivity contribution in [3.05, 3.63) is 58.7 Å². The Hall–Kier alpha value is -3.34. The number of hydrogen-bond acceptors (Lipinski definition) is 12. The molecular weight excluding hydrogens is 580 g/mol. The summed E-state index contributed by atoms with van der Waals surface area (Å²) >= 11 is 0. The average Bonchev–Trinajstić information content (AvgIpc) is 2.94. The lowest BCUT2D eigenvalue weighted by atomic mass is 10.0. The molecule has 0 radical (unpaired) electrons. The van der Waals surface area contributed by atoms with Crippen LogP contribution in [0.25, 0.3) is 0 Å². The lowest BCUT2D eigenvalue weighted by Crippen LogP contribution is -2.39. The predicted octanol–water partition coefficient (Wildman–Crippen LogP) is 0.489. The highest BCUT2D eigenvalue weighted by atomic mass is 16.4. The van der Waals surface area contributed by atoms with Gasteiger partial charge in [-0.25, -0.2) is 9.59 Å². The molecule has 0 spiro atoms. The van der Waals surface area contributed by atoms with Crippen LogP contribution in [-0.4, -0.2) is 99.4 Å². The molecule has 0 bridgehead atoms. The van der Waals surface area contributed by atoms with Crippen LogP contribution < -0.4 is 10.6 Å². The van der Waals surface area contributed by atoms with Crippen molar-refractivity contribution in [2.75, 3.05) is 13.1 Å². The molecule has 0 saturated carbocycles. The van der Waals surface area contributed by atoms with Crippen molar-refractivity contribution in [3.63, 3.8) is 0 Å². The van der Waals surface area contributed by atoms with Crippen molar-refractivity contribution in [2.24, 2.45) is 0 Å². The van der Waals surface area contributed by atoms with E-state index in [4.69, 9.17) is 30.6 Å². The van der Waals surface area contributed by atoms with Crippen LogP contribution in [0.5, 0.6) is 11.5 Å². The molecule has 0 aliphatic heterocycles. The minimum absolute atomic E-state index is 0.0484. The maximum Gasteiger partial charge on any atom is 0.335 e. The molecule has 4 atom stereocenters. The number of rotatable bonds is 11. The summed E-state index contributed by atoms with van der Waals surface area (Å²) in [6.45, 7) is 12.5. The number of aliphatic carboxylic acids is 2. The molecule has 12 N–H and O–H groups in total. The molecule has 0 fully saturated rings. The Balaban J connectivity index is 0.000000655. The fourth-order valence-electron chi connectivity index (χ4n) is 3.19. The van der Waals surface area contributed by atoms with Gasteiger partial charge in [0, 0.05) is 35.3 Å². The molecule has 0 aliphatic carbocycles. The molecule has 0 aromatic heterocycles. The zero-order valence-electron chi connectivity index (χ0n) is 25.9. The van der Waals surface area contributed by atoms with Crippen LogP contribution in [0.1, 0.15) is 76.0 Å². The second-order valence-electron chi connectivity index (χ2n) is 12.0. The molecule has 2 aromatic rings. The van der Waals surface area contributed by atoms with Gasteiger partial charge in [-0.2, -0.15) is 0 Å². The number of benzene rings is 2. The first-order valence-corrected chi connectivity index (χ1v) is 13.7. The molecular formula is C30H48N2O12. The van der Waals surface area contributed by atoms with Crippen molar-refractivity contribution in [1.82, 2.24) is 10.6 Å². The Morgan fingerprint density at radius 1 is 0.636 bits per heavy atom. The standard InChI is InChI=1S/2C13H21NO3.C4H6O6/c2*1-13(2,3)14-7-12(17)9-4-5-11(16)10(6-9)8-15;5-1(3(7)8)2(6)4(9)10/h2*4-6,12,14-17H,7-8H2,1-3H3;1-2,5-6H,(H,7,8)(H,9,10)/t2*12-;/m00./s1. The van der Waals surface area contributed by atoms with Gasteiger partial charge in [0.25, 0.3) is 0 Å². The molecule has 0 aliphatic rings. The zero-order valence-corrected chi connectivity index (χ0v) is 25.9. The maximum atomic E-state index is 9.97. The van der Waals surface area contributed by atoms with Crippen LogP contribution >= 0.6 is 0 Å². The number of carboxylic acid groups (broad SMARTS) is 2. The van der Waals surface area contributed by atoms with Gasteiger partial charge in [0.15, 0.2) is 12.2 Å². The quantitative estimate of drug-likeness (QED) is 0.162. The molecule has 2 rings (SSSR count). The number of aromatic hydroxyl groups is 2. The molecule has 0 heterocycles. The fourth-order valence-corrected chi connectivity index (χ4v) is 3.19. The predicted molar refractivity (Wildman–Crippen MR) is 161 cm³/mol. The van der Waals surface area contributed by atoms with Crippen molar-refractivity contribution in [3.8, 4) is 11.5 Å². The van der Waals surface area contributed by atoms with Gasteiger partial charge in [-0.05, 0) is 76.9 Å². The first kappa shape index (κ1) is 40.7. The van der Waals surface area contributed by atoms with Crippen LogP contribution in [-0.2, 0) is 22.8 Å². The summed E-state index contributed by atoms with van der Waals surface area (Å²) in [5, 5.41) is 95.7. The molecule has 0 saturated heterocycles. The van der Waals surface area contributed by atoms with Crippen molar-refractivity contribution >= 4 is 11.9 Å². The Morgan fingerprint density at radius 2 is 0.932 bits per heavy atom. The van der Waals surface area contributed by atoms with Crippen LogP contribution in [0.4, 0.5) is 0 Å². The SMILES string of the molecule is CC(C)(C)NC[C@H](O)c1ccc(O)c(CO)c1.CC(C)(C)NC[C@H](O)c1ccc(O)c(CO)c1.O=C(O)C(O)C(O)C(=O)O. The number of β-amino-alcohol motifs (C(OH)–C–C–N with tert-alkyl or cyclic N) is 2. The van der Waals surface area contributed by atoms with E-state index in [1.54, 1.807) is 24.3 Å². The second kappa shape index (κ2) is 18.5. The van der Waals surface area contributed by atoms with E-state index in [-0.39, 0.29) is 35.8 Å². The van der Waals surface area contributed by atoms with E-state index >= 15 is 0 Å². The van der Waals surface area contributed by atoms with E-state index < -0.39 is 36.4 Å².